The molecule has 0 unspecified atom stereocenters. The first-order valence-corrected chi connectivity index (χ1v) is 9.04. The number of hydrogen-bond acceptors (Lipinski definition) is 4. The fourth-order valence-electron chi connectivity index (χ4n) is 2.73. The normalized spacial score (nSPS) is 10.5. The van der Waals surface area contributed by atoms with Gasteiger partial charge < -0.3 is 16.0 Å². The van der Waals surface area contributed by atoms with Crippen molar-refractivity contribution in [1.82, 2.24) is 10.2 Å². The molecule has 1 aromatic heterocycles. The van der Waals surface area contributed by atoms with Crippen LogP contribution < -0.4 is 16.0 Å². The molecule has 144 valence electrons. The van der Waals surface area contributed by atoms with Crippen LogP contribution in [0.1, 0.15) is 41.4 Å². The molecule has 0 aliphatic rings. The quantitative estimate of drug-likeness (QED) is 0.452. The lowest BCUT2D eigenvalue weighted by Crippen LogP contribution is -2.19. The minimum absolute atomic E-state index is 0.305. The third kappa shape index (κ3) is 4.97. The van der Waals surface area contributed by atoms with Gasteiger partial charge in [0.2, 0.25) is 0 Å². The summed E-state index contributed by atoms with van der Waals surface area (Å²) in [5.41, 5.74) is 4.63. The summed E-state index contributed by atoms with van der Waals surface area (Å²) in [6, 6.07) is 15.0. The number of H-pyrrole nitrogens is 1. The van der Waals surface area contributed by atoms with E-state index < -0.39 is 0 Å². The average Bonchev–Trinajstić information content (AvgIpc) is 3.14. The van der Waals surface area contributed by atoms with Crippen LogP contribution in [0.2, 0.25) is 0 Å². The number of amides is 2. The van der Waals surface area contributed by atoms with Crippen LogP contribution in [0.15, 0.2) is 54.7 Å². The van der Waals surface area contributed by atoms with E-state index in [9.17, 15) is 9.59 Å². The van der Waals surface area contributed by atoms with Crippen LogP contribution >= 0.6 is 0 Å². The molecule has 0 aliphatic heterocycles. The second kappa shape index (κ2) is 8.85. The van der Waals surface area contributed by atoms with Gasteiger partial charge in [-0.15, -0.1) is 0 Å². The maximum atomic E-state index is 12.3. The molecular formula is C21H23N5O2. The number of nitrogens with one attached hydrogen (secondary N) is 4. The molecule has 4 N–H and O–H groups in total. The van der Waals surface area contributed by atoms with E-state index in [4.69, 9.17) is 0 Å². The predicted octanol–water partition coefficient (Wildman–Crippen LogP) is 4.60. The Morgan fingerprint density at radius 3 is 2.57 bits per heavy atom. The van der Waals surface area contributed by atoms with Crippen LogP contribution in [-0.2, 0) is 6.54 Å². The van der Waals surface area contributed by atoms with Gasteiger partial charge in [-0.3, -0.25) is 9.89 Å². The number of carbonyl (C=O) groups excluding carboxylic acids is 2. The molecule has 0 saturated carbocycles. The Hall–Kier alpha value is -3.61. The molecule has 2 aromatic carbocycles. The van der Waals surface area contributed by atoms with E-state index in [2.05, 4.69) is 40.0 Å². The SMILES string of the molecule is CC(C)c1ccc(NC(=O)Nc2cccc(CNc3cn[nH]c3C=O)c2)cc1. The highest BCUT2D eigenvalue weighted by Crippen LogP contribution is 2.18. The van der Waals surface area contributed by atoms with Gasteiger partial charge >= 0.3 is 6.03 Å². The first-order chi connectivity index (χ1) is 13.5. The number of hydrogen-bond donors (Lipinski definition) is 4. The number of aromatic nitrogens is 2. The van der Waals surface area contributed by atoms with Gasteiger partial charge in [0.15, 0.2) is 6.29 Å². The van der Waals surface area contributed by atoms with Crippen molar-refractivity contribution in [3.8, 4) is 0 Å². The van der Waals surface area contributed by atoms with Crippen molar-refractivity contribution in [2.75, 3.05) is 16.0 Å². The molecule has 0 saturated heterocycles. The van der Waals surface area contributed by atoms with Gasteiger partial charge in [-0.2, -0.15) is 5.10 Å². The Morgan fingerprint density at radius 1 is 1.11 bits per heavy atom. The molecular weight excluding hydrogens is 354 g/mol. The summed E-state index contributed by atoms with van der Waals surface area (Å²) in [5, 5.41) is 15.3. The van der Waals surface area contributed by atoms with Crippen LogP contribution in [0.25, 0.3) is 0 Å². The first-order valence-electron chi connectivity index (χ1n) is 9.04. The summed E-state index contributed by atoms with van der Waals surface area (Å²) in [6.07, 6.45) is 2.27. The smallest absolute Gasteiger partial charge is 0.323 e. The van der Waals surface area contributed by atoms with Crippen molar-refractivity contribution in [2.24, 2.45) is 0 Å². The number of carbonyl (C=O) groups is 2. The maximum absolute atomic E-state index is 12.3. The molecule has 0 radical (unpaired) electrons. The molecule has 7 heteroatoms. The second-order valence-corrected chi connectivity index (χ2v) is 6.72. The van der Waals surface area contributed by atoms with Crippen molar-refractivity contribution in [1.29, 1.82) is 0 Å². The number of rotatable bonds is 7. The van der Waals surface area contributed by atoms with Gasteiger partial charge in [0, 0.05) is 17.9 Å². The van der Waals surface area contributed by atoms with Crippen LogP contribution in [0.4, 0.5) is 21.9 Å². The zero-order chi connectivity index (χ0) is 19.9. The molecule has 0 fully saturated rings. The third-order valence-electron chi connectivity index (χ3n) is 4.29. The number of benzene rings is 2. The van der Waals surface area contributed by atoms with Gasteiger partial charge in [-0.25, -0.2) is 4.79 Å². The largest absolute Gasteiger partial charge is 0.378 e. The van der Waals surface area contributed by atoms with Crippen molar-refractivity contribution in [2.45, 2.75) is 26.3 Å². The summed E-state index contributed by atoms with van der Waals surface area (Å²) in [7, 11) is 0. The van der Waals surface area contributed by atoms with Crippen molar-refractivity contribution >= 4 is 29.4 Å². The topological polar surface area (TPSA) is 98.9 Å². The molecule has 0 spiro atoms. The number of aromatic amines is 1. The van der Waals surface area contributed by atoms with Crippen molar-refractivity contribution in [3.63, 3.8) is 0 Å². The fraction of sp³-hybridized carbons (Fsp3) is 0.190. The lowest BCUT2D eigenvalue weighted by atomic mass is 10.0. The van der Waals surface area contributed by atoms with Gasteiger partial charge in [-0.1, -0.05) is 38.1 Å². The summed E-state index contributed by atoms with van der Waals surface area (Å²) < 4.78 is 0. The summed E-state index contributed by atoms with van der Waals surface area (Å²) >= 11 is 0. The Morgan fingerprint density at radius 2 is 1.86 bits per heavy atom. The zero-order valence-electron chi connectivity index (χ0n) is 15.8. The highest BCUT2D eigenvalue weighted by Gasteiger charge is 2.06. The number of anilines is 3. The van der Waals surface area contributed by atoms with E-state index in [0.29, 0.717) is 35.8 Å². The number of aldehydes is 1. The van der Waals surface area contributed by atoms with Crippen LogP contribution in [0, 0.1) is 0 Å². The second-order valence-electron chi connectivity index (χ2n) is 6.72. The average molecular weight is 377 g/mol. The fourth-order valence-corrected chi connectivity index (χ4v) is 2.73. The molecule has 2 amide bonds. The van der Waals surface area contributed by atoms with Gasteiger partial charge in [0.25, 0.3) is 0 Å². The van der Waals surface area contributed by atoms with Gasteiger partial charge in [-0.05, 0) is 41.3 Å². The number of nitrogens with zero attached hydrogens (tertiary/aromatic N) is 1. The zero-order valence-corrected chi connectivity index (χ0v) is 15.8. The lowest BCUT2D eigenvalue weighted by Gasteiger charge is -2.11. The Bertz CT molecular complexity index is 947. The van der Waals surface area contributed by atoms with Crippen molar-refractivity contribution in [3.05, 3.63) is 71.5 Å². The van der Waals surface area contributed by atoms with Crippen LogP contribution in [0.5, 0.6) is 0 Å². The van der Waals surface area contributed by atoms with E-state index in [-0.39, 0.29) is 6.03 Å². The highest BCUT2D eigenvalue weighted by molar-refractivity contribution is 5.99. The van der Waals surface area contributed by atoms with E-state index in [0.717, 1.165) is 11.3 Å². The number of urea groups is 1. The minimum Gasteiger partial charge on any atom is -0.378 e. The van der Waals surface area contributed by atoms with Gasteiger partial charge in [0.05, 0.1) is 11.9 Å². The lowest BCUT2D eigenvalue weighted by molar-refractivity contribution is 0.111. The van der Waals surface area contributed by atoms with E-state index in [1.54, 1.807) is 6.20 Å². The molecule has 3 rings (SSSR count). The minimum atomic E-state index is -0.305. The molecule has 3 aromatic rings. The standard InChI is InChI=1S/C21H23N5O2/c1-14(2)16-6-8-17(9-7-16)24-21(28)25-18-5-3-4-15(10-18)11-22-19-12-23-26-20(19)13-27/h3-10,12-14,22H,11H2,1-2H3,(H,23,26)(H2,24,25,28). The molecule has 0 bridgehead atoms. The first kappa shape index (κ1) is 19.2. The molecule has 0 aliphatic carbocycles. The molecule has 1 heterocycles. The maximum Gasteiger partial charge on any atom is 0.323 e. The molecule has 28 heavy (non-hydrogen) atoms. The van der Waals surface area contributed by atoms with E-state index in [1.807, 2.05) is 48.5 Å². The predicted molar refractivity (Wildman–Crippen MR) is 111 cm³/mol. The summed E-state index contributed by atoms with van der Waals surface area (Å²) in [5.74, 6) is 0.448. The monoisotopic (exact) mass is 377 g/mol. The van der Waals surface area contributed by atoms with Gasteiger partial charge in [0.1, 0.15) is 5.69 Å². The Kier molecular flexibility index (Phi) is 6.06. The summed E-state index contributed by atoms with van der Waals surface area (Å²) in [4.78, 5) is 23.2. The van der Waals surface area contributed by atoms with E-state index in [1.165, 1.54) is 5.56 Å². The highest BCUT2D eigenvalue weighted by atomic mass is 16.2. The molecule has 7 nitrogen and oxygen atoms in total. The Labute approximate surface area is 163 Å². The third-order valence-corrected chi connectivity index (χ3v) is 4.29. The van der Waals surface area contributed by atoms with Crippen LogP contribution in [0.3, 0.4) is 0 Å². The van der Waals surface area contributed by atoms with E-state index >= 15 is 0 Å². The summed E-state index contributed by atoms with van der Waals surface area (Å²) in [6.45, 7) is 4.75. The van der Waals surface area contributed by atoms with Crippen molar-refractivity contribution < 1.29 is 9.59 Å². The van der Waals surface area contributed by atoms with Crippen LogP contribution in [-0.4, -0.2) is 22.5 Å². The Balaban J connectivity index is 1.57. The molecule has 0 atom stereocenters.